The largest absolute Gasteiger partial charge is 0.394 e. The third-order valence-electron chi connectivity index (χ3n) is 8.54. The Labute approximate surface area is 253 Å². The number of alkyl halides is 2. The van der Waals surface area contributed by atoms with Gasteiger partial charge in [-0.2, -0.15) is 0 Å². The van der Waals surface area contributed by atoms with Crippen LogP contribution >= 0.6 is 11.8 Å². The number of aliphatic hydroxyl groups is 3. The number of rotatable bonds is 9. The molecule has 0 unspecified atom stereocenters. The van der Waals surface area contributed by atoms with Gasteiger partial charge in [0.1, 0.15) is 40.7 Å². The van der Waals surface area contributed by atoms with Crippen LogP contribution in [0, 0.1) is 17.5 Å². The second kappa shape index (κ2) is 12.8. The number of ether oxygens (including phenoxy) is 3. The van der Waals surface area contributed by atoms with Crippen molar-refractivity contribution in [3.05, 3.63) is 35.8 Å². The minimum Gasteiger partial charge on any atom is -0.394 e. The molecule has 1 amide bonds. The van der Waals surface area contributed by atoms with E-state index in [1.54, 1.807) is 0 Å². The van der Waals surface area contributed by atoms with Crippen LogP contribution in [0.4, 0.5) is 22.0 Å². The second-order valence-corrected chi connectivity index (χ2v) is 12.6. The van der Waals surface area contributed by atoms with Crippen LogP contribution in [0.3, 0.4) is 0 Å². The van der Waals surface area contributed by atoms with Crippen LogP contribution < -0.4 is 0 Å². The van der Waals surface area contributed by atoms with Gasteiger partial charge >= 0.3 is 0 Å². The highest BCUT2D eigenvalue weighted by atomic mass is 32.2. The molecule has 3 fully saturated rings. The van der Waals surface area contributed by atoms with E-state index >= 15 is 0 Å². The quantitative estimate of drug-likeness (QED) is 0.272. The average molecular weight is 653 g/mol. The summed E-state index contributed by atoms with van der Waals surface area (Å²) in [5.74, 6) is -8.08. The number of thioether (sulfide) groups is 1. The molecule has 2 aromatic rings. The van der Waals surface area contributed by atoms with E-state index < -0.39 is 89.4 Å². The third kappa shape index (κ3) is 6.32. The summed E-state index contributed by atoms with van der Waals surface area (Å²) >= 11 is 0.822. The lowest BCUT2D eigenvalue weighted by Crippen LogP contribution is -2.60. The zero-order valence-corrected chi connectivity index (χ0v) is 24.6. The van der Waals surface area contributed by atoms with Gasteiger partial charge in [-0.1, -0.05) is 5.21 Å². The molecule has 2 saturated heterocycles. The molecule has 2 aliphatic heterocycles. The molecule has 3 heterocycles. The number of aromatic nitrogens is 3. The molecule has 3 N–H and O–H groups in total. The number of methoxy groups -OCH3 is 1. The molecule has 3 aliphatic rings. The number of aliphatic hydroxyl groups excluding tert-OH is 2. The van der Waals surface area contributed by atoms with E-state index in [2.05, 4.69) is 10.3 Å². The summed E-state index contributed by atoms with van der Waals surface area (Å²) in [7, 11) is 2.81. The van der Waals surface area contributed by atoms with Crippen molar-refractivity contribution in [1.82, 2.24) is 19.9 Å². The molecule has 244 valence electrons. The van der Waals surface area contributed by atoms with Crippen molar-refractivity contribution in [1.29, 1.82) is 0 Å². The summed E-state index contributed by atoms with van der Waals surface area (Å²) in [6.45, 7) is -0.141. The predicted octanol–water partition coefficient (Wildman–Crippen LogP) is 1.90. The van der Waals surface area contributed by atoms with Crippen LogP contribution in [-0.2, 0) is 19.0 Å². The first-order valence-corrected chi connectivity index (χ1v) is 14.9. The smallest absolute Gasteiger partial charge is 0.248 e. The Morgan fingerprint density at radius 2 is 1.84 bits per heavy atom. The first-order valence-electron chi connectivity index (χ1n) is 13.9. The van der Waals surface area contributed by atoms with Gasteiger partial charge in [0.15, 0.2) is 17.5 Å². The molecule has 1 aromatic carbocycles. The number of hydrogen-bond acceptors (Lipinski definition) is 10. The molecule has 1 saturated carbocycles. The van der Waals surface area contributed by atoms with Crippen LogP contribution in [0.1, 0.15) is 31.7 Å². The standard InChI is InChI=1S/C27H33F5N4O7S/c1-35(14-11-42-12-14)24(39)23(26(40)3-5-27(31,32)6-4-26)44-25-22(41-2)20(21(38)18(10-37)43-25)36-9-17(33-34-36)13-7-15(28)19(30)16(29)8-13/h7-9,14,18,20-23,25,37-38,40H,3-6,10-12H2,1-2H3/t18-,20+,21+,22-,23-,25+/m1/s1. The van der Waals surface area contributed by atoms with E-state index in [1.165, 1.54) is 25.3 Å². The molecule has 5 rings (SSSR count). The summed E-state index contributed by atoms with van der Waals surface area (Å²) in [6, 6.07) is 0.0206. The molecule has 44 heavy (non-hydrogen) atoms. The van der Waals surface area contributed by atoms with E-state index in [1.807, 2.05) is 0 Å². The highest BCUT2D eigenvalue weighted by Gasteiger charge is 2.55. The Morgan fingerprint density at radius 3 is 2.39 bits per heavy atom. The minimum atomic E-state index is -2.99. The third-order valence-corrected chi connectivity index (χ3v) is 10.1. The topological polar surface area (TPSA) is 139 Å². The lowest BCUT2D eigenvalue weighted by Gasteiger charge is -2.47. The maximum absolute atomic E-state index is 14.1. The van der Waals surface area contributed by atoms with Crippen molar-refractivity contribution in [3.63, 3.8) is 0 Å². The Balaban J connectivity index is 1.47. The Bertz CT molecular complexity index is 1320. The molecule has 0 bridgehead atoms. The first kappa shape index (κ1) is 33.0. The van der Waals surface area contributed by atoms with Crippen molar-refractivity contribution in [2.24, 2.45) is 0 Å². The molecule has 6 atom stereocenters. The number of hydrogen-bond donors (Lipinski definition) is 3. The Kier molecular flexibility index (Phi) is 9.57. The number of halogens is 5. The summed E-state index contributed by atoms with van der Waals surface area (Å²) in [5.41, 5.74) is -3.22. The van der Waals surface area contributed by atoms with Crippen molar-refractivity contribution < 1.29 is 56.3 Å². The Morgan fingerprint density at radius 1 is 1.20 bits per heavy atom. The van der Waals surface area contributed by atoms with Crippen LogP contribution in [0.15, 0.2) is 18.3 Å². The fourth-order valence-corrected chi connectivity index (χ4v) is 7.33. The molecule has 17 heteroatoms. The highest BCUT2D eigenvalue weighted by Crippen LogP contribution is 2.47. The van der Waals surface area contributed by atoms with Crippen molar-refractivity contribution >= 4 is 17.7 Å². The van der Waals surface area contributed by atoms with E-state index in [0.717, 1.165) is 28.6 Å². The summed E-state index contributed by atoms with van der Waals surface area (Å²) < 4.78 is 87.4. The van der Waals surface area contributed by atoms with E-state index in [9.17, 15) is 42.1 Å². The van der Waals surface area contributed by atoms with Gasteiger partial charge in [0.2, 0.25) is 11.8 Å². The van der Waals surface area contributed by atoms with Gasteiger partial charge in [0.05, 0.1) is 37.7 Å². The lowest BCUT2D eigenvalue weighted by molar-refractivity contribution is -0.187. The van der Waals surface area contributed by atoms with Gasteiger partial charge in [0, 0.05) is 32.6 Å². The van der Waals surface area contributed by atoms with Crippen molar-refractivity contribution in [3.8, 4) is 11.3 Å². The maximum Gasteiger partial charge on any atom is 0.248 e. The van der Waals surface area contributed by atoms with Gasteiger partial charge in [-0.15, -0.1) is 16.9 Å². The lowest BCUT2D eigenvalue weighted by atomic mass is 9.80. The number of amides is 1. The first-order chi connectivity index (χ1) is 20.8. The summed E-state index contributed by atoms with van der Waals surface area (Å²) in [4.78, 5) is 15.2. The monoisotopic (exact) mass is 652 g/mol. The number of nitrogens with zero attached hydrogens (tertiary/aromatic N) is 4. The fraction of sp³-hybridized carbons (Fsp3) is 0.667. The molecule has 0 spiro atoms. The summed E-state index contributed by atoms with van der Waals surface area (Å²) in [6.07, 6.45) is -4.61. The SMILES string of the molecule is CO[C@@H]1[C@@H](n2cc(-c3cc(F)c(F)c(F)c3)nn2)[C@@H](O)[C@@H](CO)O[C@H]1S[C@H](C(=O)N(C)C1COC1)C1(O)CCC(F)(F)CC1. The normalized spacial score (nSPS) is 29.2. The van der Waals surface area contributed by atoms with Crippen LogP contribution in [0.5, 0.6) is 0 Å². The highest BCUT2D eigenvalue weighted by molar-refractivity contribution is 8.01. The zero-order valence-electron chi connectivity index (χ0n) is 23.8. The maximum atomic E-state index is 14.1. The molecule has 0 radical (unpaired) electrons. The van der Waals surface area contributed by atoms with Crippen molar-refractivity contribution in [2.75, 3.05) is 34.0 Å². The van der Waals surface area contributed by atoms with Gasteiger partial charge in [0.25, 0.3) is 0 Å². The molecular weight excluding hydrogens is 619 g/mol. The van der Waals surface area contributed by atoms with Gasteiger partial charge in [-0.3, -0.25) is 4.79 Å². The number of likely N-dealkylation sites (N-methyl/N-ethyl adjacent to an activating group) is 1. The summed E-state index contributed by atoms with van der Waals surface area (Å²) in [5, 5.41) is 39.4. The van der Waals surface area contributed by atoms with E-state index in [0.29, 0.717) is 0 Å². The van der Waals surface area contributed by atoms with Crippen molar-refractivity contribution in [2.45, 2.75) is 78.3 Å². The minimum absolute atomic E-state index is 0.0732. The number of carbonyl (C=O) groups excluding carboxylic acids is 1. The van der Waals surface area contributed by atoms with Gasteiger partial charge < -0.3 is 34.4 Å². The number of carbonyl (C=O) groups is 1. The zero-order chi connectivity index (χ0) is 32.0. The number of benzene rings is 1. The second-order valence-electron chi connectivity index (χ2n) is 11.4. The molecule has 1 aromatic heterocycles. The van der Waals surface area contributed by atoms with Gasteiger partial charge in [-0.25, -0.2) is 26.6 Å². The van der Waals surface area contributed by atoms with Gasteiger partial charge in [-0.05, 0) is 25.0 Å². The molecular formula is C27H33F5N4O7S. The fourth-order valence-electron chi connectivity index (χ4n) is 5.65. The average Bonchev–Trinajstić information content (AvgIpc) is 3.45. The van der Waals surface area contributed by atoms with Crippen LogP contribution in [-0.4, -0.2) is 122 Å². The predicted molar refractivity (Wildman–Crippen MR) is 144 cm³/mol. The van der Waals surface area contributed by atoms with Crippen LogP contribution in [0.25, 0.3) is 11.3 Å². The van der Waals surface area contributed by atoms with Crippen LogP contribution in [0.2, 0.25) is 0 Å². The molecule has 1 aliphatic carbocycles. The van der Waals surface area contributed by atoms with E-state index in [4.69, 9.17) is 14.2 Å². The Hall–Kier alpha value is -2.41. The van der Waals surface area contributed by atoms with E-state index in [-0.39, 0.29) is 43.4 Å². The molecule has 11 nitrogen and oxygen atoms in total.